The Hall–Kier alpha value is -1.32. The SMILES string of the molecule is CC(C)C1(C(=O)O)C2C=CC(C2)C1(C(=O)O)C(C)C. The minimum atomic E-state index is -1.20. The lowest BCUT2D eigenvalue weighted by atomic mass is 9.49. The predicted octanol–water partition coefficient (Wildman–Crippen LogP) is 2.65. The maximum atomic E-state index is 12.1. The molecule has 2 aliphatic carbocycles. The first-order valence-corrected chi connectivity index (χ1v) is 6.89. The predicted molar refractivity (Wildman–Crippen MR) is 70.6 cm³/mol. The van der Waals surface area contributed by atoms with E-state index in [4.69, 9.17) is 0 Å². The lowest BCUT2D eigenvalue weighted by Gasteiger charge is -2.50. The van der Waals surface area contributed by atoms with Crippen LogP contribution in [0.2, 0.25) is 0 Å². The molecule has 0 aromatic carbocycles. The normalized spacial score (nSPS) is 40.3. The Labute approximate surface area is 113 Å². The van der Waals surface area contributed by atoms with Crippen molar-refractivity contribution in [1.29, 1.82) is 0 Å². The zero-order valence-electron chi connectivity index (χ0n) is 11.9. The molecule has 4 atom stereocenters. The minimum Gasteiger partial charge on any atom is -0.481 e. The molecule has 2 N–H and O–H groups in total. The van der Waals surface area contributed by atoms with Gasteiger partial charge in [-0.3, -0.25) is 9.59 Å². The first-order valence-electron chi connectivity index (χ1n) is 6.89. The number of hydrogen-bond acceptors (Lipinski definition) is 2. The Balaban J connectivity index is 2.78. The van der Waals surface area contributed by atoms with Gasteiger partial charge in [0, 0.05) is 0 Å². The molecule has 0 saturated heterocycles. The largest absolute Gasteiger partial charge is 0.481 e. The summed E-state index contributed by atoms with van der Waals surface area (Å²) < 4.78 is 0. The van der Waals surface area contributed by atoms with Crippen LogP contribution in [0.4, 0.5) is 0 Å². The molecule has 19 heavy (non-hydrogen) atoms. The van der Waals surface area contributed by atoms with E-state index in [0.29, 0.717) is 6.42 Å². The van der Waals surface area contributed by atoms with Gasteiger partial charge in [-0.1, -0.05) is 39.8 Å². The second-order valence-electron chi connectivity index (χ2n) is 6.49. The number of rotatable bonds is 4. The van der Waals surface area contributed by atoms with E-state index >= 15 is 0 Å². The first-order chi connectivity index (χ1) is 8.73. The monoisotopic (exact) mass is 266 g/mol. The fraction of sp³-hybridized carbons (Fsp3) is 0.733. The van der Waals surface area contributed by atoms with Crippen molar-refractivity contribution >= 4 is 11.9 Å². The highest BCUT2D eigenvalue weighted by Crippen LogP contribution is 2.69. The summed E-state index contributed by atoms with van der Waals surface area (Å²) in [7, 11) is 0. The molecule has 0 spiro atoms. The highest BCUT2D eigenvalue weighted by atomic mass is 16.4. The van der Waals surface area contributed by atoms with Gasteiger partial charge in [0.1, 0.15) is 0 Å². The molecular weight excluding hydrogens is 244 g/mol. The minimum absolute atomic E-state index is 0.173. The number of allylic oxidation sites excluding steroid dienone is 2. The molecule has 0 aliphatic heterocycles. The highest BCUT2D eigenvalue weighted by Gasteiger charge is 2.75. The van der Waals surface area contributed by atoms with Crippen molar-refractivity contribution < 1.29 is 19.8 Å². The van der Waals surface area contributed by atoms with Crippen LogP contribution < -0.4 is 0 Å². The third-order valence-electron chi connectivity index (χ3n) is 5.47. The Morgan fingerprint density at radius 3 is 1.47 bits per heavy atom. The van der Waals surface area contributed by atoms with Gasteiger partial charge in [0.25, 0.3) is 0 Å². The van der Waals surface area contributed by atoms with Crippen LogP contribution in [0.5, 0.6) is 0 Å². The van der Waals surface area contributed by atoms with Crippen LogP contribution in [0.3, 0.4) is 0 Å². The van der Waals surface area contributed by atoms with E-state index in [1.807, 2.05) is 39.8 Å². The van der Waals surface area contributed by atoms with Gasteiger partial charge in [0.05, 0.1) is 10.8 Å². The van der Waals surface area contributed by atoms with E-state index < -0.39 is 22.8 Å². The molecule has 4 heteroatoms. The standard InChI is InChI=1S/C15H22O4/c1-8(2)14(12(16)17)10-5-6-11(7-10)15(14,9(3)4)13(18)19/h5-6,8-11H,7H2,1-4H3,(H,16,17)(H,18,19). The third-order valence-corrected chi connectivity index (χ3v) is 5.47. The molecule has 1 saturated carbocycles. The Morgan fingerprint density at radius 1 is 0.947 bits per heavy atom. The van der Waals surface area contributed by atoms with Crippen LogP contribution in [-0.4, -0.2) is 22.2 Å². The number of carboxylic acid groups (broad SMARTS) is 2. The average Bonchev–Trinajstić information content (AvgIpc) is 2.84. The summed E-state index contributed by atoms with van der Waals surface area (Å²) in [5, 5.41) is 19.8. The molecule has 4 nitrogen and oxygen atoms in total. The van der Waals surface area contributed by atoms with Crippen LogP contribution in [0, 0.1) is 34.5 Å². The number of carboxylic acids is 2. The van der Waals surface area contributed by atoms with Crippen molar-refractivity contribution in [3.05, 3.63) is 12.2 Å². The van der Waals surface area contributed by atoms with Gasteiger partial charge in [0.2, 0.25) is 0 Å². The molecule has 2 bridgehead atoms. The van der Waals surface area contributed by atoms with Crippen LogP contribution in [0.15, 0.2) is 12.2 Å². The van der Waals surface area contributed by atoms with E-state index in [0.717, 1.165) is 0 Å². The quantitative estimate of drug-likeness (QED) is 0.767. The van der Waals surface area contributed by atoms with Gasteiger partial charge in [0.15, 0.2) is 0 Å². The van der Waals surface area contributed by atoms with Crippen LogP contribution in [0.1, 0.15) is 34.1 Å². The van der Waals surface area contributed by atoms with E-state index in [1.165, 1.54) is 0 Å². The molecule has 2 aliphatic rings. The van der Waals surface area contributed by atoms with Crippen molar-refractivity contribution in [2.24, 2.45) is 34.5 Å². The number of carbonyl (C=O) groups is 2. The molecular formula is C15H22O4. The number of aliphatic carboxylic acids is 2. The zero-order chi connectivity index (χ0) is 14.6. The van der Waals surface area contributed by atoms with Crippen LogP contribution in [-0.2, 0) is 9.59 Å². The summed E-state index contributed by atoms with van der Waals surface area (Å²) in [6.07, 6.45) is 4.49. The summed E-state index contributed by atoms with van der Waals surface area (Å²) in [4.78, 5) is 24.2. The molecule has 0 amide bonds. The van der Waals surface area contributed by atoms with Gasteiger partial charge in [-0.2, -0.15) is 0 Å². The number of fused-ring (bicyclic) bond motifs is 2. The van der Waals surface area contributed by atoms with Gasteiger partial charge in [-0.15, -0.1) is 0 Å². The van der Waals surface area contributed by atoms with Gasteiger partial charge < -0.3 is 10.2 Å². The average molecular weight is 266 g/mol. The molecule has 0 aromatic heterocycles. The van der Waals surface area contributed by atoms with E-state index in [-0.39, 0.29) is 23.7 Å². The van der Waals surface area contributed by atoms with E-state index in [1.54, 1.807) is 0 Å². The van der Waals surface area contributed by atoms with Crippen molar-refractivity contribution in [1.82, 2.24) is 0 Å². The molecule has 1 fully saturated rings. The molecule has 0 aromatic rings. The lowest BCUT2D eigenvalue weighted by Crippen LogP contribution is -2.60. The highest BCUT2D eigenvalue weighted by molar-refractivity contribution is 5.90. The second-order valence-corrected chi connectivity index (χ2v) is 6.49. The molecule has 0 heterocycles. The topological polar surface area (TPSA) is 74.6 Å². The van der Waals surface area contributed by atoms with Crippen LogP contribution in [0.25, 0.3) is 0 Å². The first kappa shape index (κ1) is 14.1. The summed E-state index contributed by atoms with van der Waals surface area (Å²) in [6.45, 7) is 7.34. The summed E-state index contributed by atoms with van der Waals surface area (Å²) in [5.41, 5.74) is -2.40. The summed E-state index contributed by atoms with van der Waals surface area (Å²) in [5.74, 6) is -2.71. The van der Waals surface area contributed by atoms with Crippen molar-refractivity contribution in [3.8, 4) is 0 Å². The maximum absolute atomic E-state index is 12.1. The van der Waals surface area contributed by atoms with Gasteiger partial charge in [-0.25, -0.2) is 0 Å². The van der Waals surface area contributed by atoms with Crippen LogP contribution >= 0.6 is 0 Å². The van der Waals surface area contributed by atoms with Crippen molar-refractivity contribution in [3.63, 3.8) is 0 Å². The Morgan fingerprint density at radius 2 is 1.26 bits per heavy atom. The molecule has 106 valence electrons. The fourth-order valence-corrected chi connectivity index (χ4v) is 4.96. The van der Waals surface area contributed by atoms with Gasteiger partial charge in [-0.05, 0) is 30.1 Å². The Bertz CT molecular complexity index is 411. The van der Waals surface area contributed by atoms with E-state index in [9.17, 15) is 19.8 Å². The van der Waals surface area contributed by atoms with Gasteiger partial charge >= 0.3 is 11.9 Å². The summed E-state index contributed by atoms with van der Waals surface area (Å²) in [6, 6.07) is 0. The second kappa shape index (κ2) is 4.09. The maximum Gasteiger partial charge on any atom is 0.311 e. The smallest absolute Gasteiger partial charge is 0.311 e. The molecule has 2 rings (SSSR count). The lowest BCUT2D eigenvalue weighted by molar-refractivity contribution is -0.187. The van der Waals surface area contributed by atoms with Crippen molar-refractivity contribution in [2.45, 2.75) is 34.1 Å². The third kappa shape index (κ3) is 1.30. The fourth-order valence-electron chi connectivity index (χ4n) is 4.96. The zero-order valence-corrected chi connectivity index (χ0v) is 11.9. The van der Waals surface area contributed by atoms with E-state index in [2.05, 4.69) is 0 Å². The van der Waals surface area contributed by atoms with Crippen molar-refractivity contribution in [2.75, 3.05) is 0 Å². The number of hydrogen-bond donors (Lipinski definition) is 2. The molecule has 0 radical (unpaired) electrons. The summed E-state index contributed by atoms with van der Waals surface area (Å²) >= 11 is 0. The Kier molecular flexibility index (Phi) is 3.03. The molecule has 4 unspecified atom stereocenters.